The van der Waals surface area contributed by atoms with Crippen molar-refractivity contribution in [2.45, 2.75) is 94.9 Å². The highest BCUT2D eigenvalue weighted by molar-refractivity contribution is 5.27. The molecule has 0 heterocycles. The standard InChI is InChI=1S/C18H28.3C2H6/c1-7-9-15-12-17(6)13-18(15,11-10-14(17)3)16(4,5)8-2;3*1-2/h7-8,10,15H,1-2,9,11-13H2,3-6H3;3*1-2H3. The molecule has 0 aliphatic heterocycles. The Labute approximate surface area is 154 Å². The van der Waals surface area contributed by atoms with Crippen molar-refractivity contribution in [3.8, 4) is 0 Å². The van der Waals surface area contributed by atoms with Crippen LogP contribution >= 0.6 is 0 Å². The van der Waals surface area contributed by atoms with Gasteiger partial charge in [-0.25, -0.2) is 0 Å². The van der Waals surface area contributed by atoms with Crippen molar-refractivity contribution in [2.24, 2.45) is 22.2 Å². The molecule has 0 amide bonds. The first kappa shape index (κ1) is 25.5. The fraction of sp³-hybridized carbons (Fsp3) is 0.750. The smallest absolute Gasteiger partial charge is 0.0110 e. The summed E-state index contributed by atoms with van der Waals surface area (Å²) >= 11 is 0. The second-order valence-corrected chi connectivity index (χ2v) is 7.34. The molecule has 142 valence electrons. The SMILES string of the molecule is C=CCC1CC2(C)CC1(C(C)(C)C=C)CC=C2C.CC.CC.CC. The van der Waals surface area contributed by atoms with Crippen molar-refractivity contribution in [2.75, 3.05) is 0 Å². The minimum absolute atomic E-state index is 0.204. The molecule has 2 bridgehead atoms. The van der Waals surface area contributed by atoms with Gasteiger partial charge in [0, 0.05) is 0 Å². The van der Waals surface area contributed by atoms with Gasteiger partial charge in [-0.05, 0) is 54.8 Å². The van der Waals surface area contributed by atoms with Crippen LogP contribution in [0.3, 0.4) is 0 Å². The Bertz CT molecular complexity index is 398. The lowest BCUT2D eigenvalue weighted by Crippen LogP contribution is -2.41. The van der Waals surface area contributed by atoms with Crippen LogP contribution in [0.2, 0.25) is 0 Å². The van der Waals surface area contributed by atoms with Gasteiger partial charge in [-0.1, -0.05) is 86.1 Å². The van der Waals surface area contributed by atoms with Gasteiger partial charge >= 0.3 is 0 Å². The third-order valence-corrected chi connectivity index (χ3v) is 6.15. The molecule has 0 nitrogen and oxygen atoms in total. The lowest BCUT2D eigenvalue weighted by molar-refractivity contribution is 0.0573. The van der Waals surface area contributed by atoms with Crippen LogP contribution in [0.15, 0.2) is 37.0 Å². The third kappa shape index (κ3) is 4.64. The maximum atomic E-state index is 4.11. The Kier molecular flexibility index (Phi) is 11.6. The normalized spacial score (nSPS) is 30.2. The first-order valence-corrected chi connectivity index (χ1v) is 10.2. The minimum Gasteiger partial charge on any atom is -0.103 e. The van der Waals surface area contributed by atoms with E-state index in [1.165, 1.54) is 19.3 Å². The van der Waals surface area contributed by atoms with E-state index in [9.17, 15) is 0 Å². The van der Waals surface area contributed by atoms with Gasteiger partial charge in [-0.15, -0.1) is 13.2 Å². The van der Waals surface area contributed by atoms with Gasteiger partial charge in [0.25, 0.3) is 0 Å². The number of fused-ring (bicyclic) bond motifs is 2. The molecule has 0 radical (unpaired) electrons. The molecule has 0 spiro atoms. The van der Waals surface area contributed by atoms with Crippen LogP contribution in [-0.2, 0) is 0 Å². The van der Waals surface area contributed by atoms with Gasteiger partial charge in [0.15, 0.2) is 0 Å². The molecule has 1 fully saturated rings. The van der Waals surface area contributed by atoms with Crippen molar-refractivity contribution in [3.63, 3.8) is 0 Å². The monoisotopic (exact) mass is 334 g/mol. The number of hydrogen-bond donors (Lipinski definition) is 0. The highest BCUT2D eigenvalue weighted by Crippen LogP contribution is 2.68. The fourth-order valence-electron chi connectivity index (χ4n) is 4.50. The van der Waals surface area contributed by atoms with Crippen molar-refractivity contribution in [1.82, 2.24) is 0 Å². The molecule has 2 aliphatic rings. The molecule has 1 saturated carbocycles. The maximum Gasteiger partial charge on any atom is -0.0110 e. The Hall–Kier alpha value is -0.780. The van der Waals surface area contributed by atoms with Gasteiger partial charge in [-0.3, -0.25) is 0 Å². The average molecular weight is 335 g/mol. The van der Waals surface area contributed by atoms with Crippen LogP contribution in [-0.4, -0.2) is 0 Å². The molecule has 2 rings (SSSR count). The van der Waals surface area contributed by atoms with Gasteiger partial charge in [-0.2, -0.15) is 0 Å². The average Bonchev–Trinajstić information content (AvgIpc) is 2.87. The molecule has 3 unspecified atom stereocenters. The minimum atomic E-state index is 0.204. The maximum absolute atomic E-state index is 4.11. The highest BCUT2D eigenvalue weighted by atomic mass is 14.6. The van der Waals surface area contributed by atoms with Crippen LogP contribution in [0, 0.1) is 22.2 Å². The quantitative estimate of drug-likeness (QED) is 0.451. The van der Waals surface area contributed by atoms with Crippen LogP contribution in [0.25, 0.3) is 0 Å². The summed E-state index contributed by atoms with van der Waals surface area (Å²) in [6.45, 7) is 29.6. The summed E-state index contributed by atoms with van der Waals surface area (Å²) in [6, 6.07) is 0. The number of rotatable bonds is 4. The van der Waals surface area contributed by atoms with E-state index in [4.69, 9.17) is 0 Å². The number of allylic oxidation sites excluding steroid dienone is 4. The fourth-order valence-corrected chi connectivity index (χ4v) is 4.50. The van der Waals surface area contributed by atoms with E-state index in [1.807, 2.05) is 41.5 Å². The first-order valence-electron chi connectivity index (χ1n) is 10.2. The second kappa shape index (κ2) is 11.0. The molecule has 24 heavy (non-hydrogen) atoms. The van der Waals surface area contributed by atoms with E-state index in [0.29, 0.717) is 10.8 Å². The summed E-state index contributed by atoms with van der Waals surface area (Å²) < 4.78 is 0. The van der Waals surface area contributed by atoms with E-state index < -0.39 is 0 Å². The third-order valence-electron chi connectivity index (χ3n) is 6.15. The Morgan fingerprint density at radius 1 is 1.12 bits per heavy atom. The molecular weight excluding hydrogens is 288 g/mol. The topological polar surface area (TPSA) is 0 Å². The van der Waals surface area contributed by atoms with E-state index >= 15 is 0 Å². The van der Waals surface area contributed by atoms with E-state index in [-0.39, 0.29) is 5.41 Å². The van der Waals surface area contributed by atoms with Gasteiger partial charge in [0.2, 0.25) is 0 Å². The van der Waals surface area contributed by atoms with E-state index in [2.05, 4.69) is 59.1 Å². The molecule has 0 saturated heterocycles. The first-order chi connectivity index (χ1) is 11.3. The van der Waals surface area contributed by atoms with Crippen LogP contribution in [0.5, 0.6) is 0 Å². The summed E-state index contributed by atoms with van der Waals surface area (Å²) in [5.74, 6) is 0.752. The Morgan fingerprint density at radius 3 is 2.04 bits per heavy atom. The van der Waals surface area contributed by atoms with Crippen molar-refractivity contribution < 1.29 is 0 Å². The van der Waals surface area contributed by atoms with Gasteiger partial charge < -0.3 is 0 Å². The van der Waals surface area contributed by atoms with E-state index in [1.54, 1.807) is 5.57 Å². The predicted octanol–water partition coefficient (Wildman–Crippen LogP) is 8.61. The zero-order valence-electron chi connectivity index (χ0n) is 18.6. The zero-order chi connectivity index (χ0) is 19.6. The lowest BCUT2D eigenvalue weighted by Gasteiger charge is -2.49. The summed E-state index contributed by atoms with van der Waals surface area (Å²) in [6.07, 6.45) is 11.8. The molecule has 0 aromatic rings. The highest BCUT2D eigenvalue weighted by Gasteiger charge is 2.59. The van der Waals surface area contributed by atoms with Gasteiger partial charge in [0.05, 0.1) is 0 Å². The van der Waals surface area contributed by atoms with Gasteiger partial charge in [0.1, 0.15) is 0 Å². The molecule has 0 aromatic carbocycles. The molecule has 3 atom stereocenters. The molecular formula is C24H46. The van der Waals surface area contributed by atoms with Crippen LogP contribution in [0.1, 0.15) is 94.9 Å². The van der Waals surface area contributed by atoms with Crippen molar-refractivity contribution in [1.29, 1.82) is 0 Å². The predicted molar refractivity (Wildman–Crippen MR) is 114 cm³/mol. The molecule has 0 aromatic heterocycles. The van der Waals surface area contributed by atoms with Crippen LogP contribution < -0.4 is 0 Å². The van der Waals surface area contributed by atoms with Crippen LogP contribution in [0.4, 0.5) is 0 Å². The summed E-state index contributed by atoms with van der Waals surface area (Å²) in [5, 5.41) is 0. The summed E-state index contributed by atoms with van der Waals surface area (Å²) in [4.78, 5) is 0. The number of hydrogen-bond acceptors (Lipinski definition) is 0. The van der Waals surface area contributed by atoms with Crippen molar-refractivity contribution >= 4 is 0 Å². The molecule has 0 N–H and O–H groups in total. The van der Waals surface area contributed by atoms with E-state index in [0.717, 1.165) is 12.3 Å². The Morgan fingerprint density at radius 2 is 1.62 bits per heavy atom. The summed E-state index contributed by atoms with van der Waals surface area (Å²) in [5.41, 5.74) is 2.60. The van der Waals surface area contributed by atoms with Crippen molar-refractivity contribution in [3.05, 3.63) is 37.0 Å². The molecule has 0 heteroatoms. The summed E-state index contributed by atoms with van der Waals surface area (Å²) in [7, 11) is 0. The Balaban J connectivity index is 0. The second-order valence-electron chi connectivity index (χ2n) is 7.34. The lowest BCUT2D eigenvalue weighted by atomic mass is 9.55. The zero-order valence-corrected chi connectivity index (χ0v) is 18.6. The molecule has 2 aliphatic carbocycles. The largest absolute Gasteiger partial charge is 0.103 e.